The minimum atomic E-state index is -0.317. The SMILES string of the molecule is O=c1c(CCC2CC2)c(CCC2CC2)[nH]n1-c1cccc(F)c1. The van der Waals surface area contributed by atoms with Crippen LogP contribution in [0.15, 0.2) is 29.1 Å². The van der Waals surface area contributed by atoms with Crippen molar-refractivity contribution in [3.05, 3.63) is 51.7 Å². The van der Waals surface area contributed by atoms with Crippen LogP contribution in [0.2, 0.25) is 0 Å². The fraction of sp³-hybridized carbons (Fsp3) is 0.526. The topological polar surface area (TPSA) is 37.8 Å². The van der Waals surface area contributed by atoms with E-state index >= 15 is 0 Å². The largest absolute Gasteiger partial charge is 0.295 e. The van der Waals surface area contributed by atoms with E-state index in [9.17, 15) is 9.18 Å². The summed E-state index contributed by atoms with van der Waals surface area (Å²) in [5.74, 6) is 1.33. The molecule has 122 valence electrons. The van der Waals surface area contributed by atoms with Crippen LogP contribution in [0, 0.1) is 17.7 Å². The maximum absolute atomic E-state index is 13.5. The molecule has 0 radical (unpaired) electrons. The van der Waals surface area contributed by atoms with E-state index in [0.29, 0.717) is 5.69 Å². The molecule has 23 heavy (non-hydrogen) atoms. The van der Waals surface area contributed by atoms with Gasteiger partial charge in [0.25, 0.3) is 5.56 Å². The van der Waals surface area contributed by atoms with E-state index in [1.165, 1.54) is 42.5 Å². The average Bonchev–Trinajstić information content (AvgIpc) is 3.44. The van der Waals surface area contributed by atoms with Gasteiger partial charge in [0.15, 0.2) is 0 Å². The summed E-state index contributed by atoms with van der Waals surface area (Å²) in [6, 6.07) is 6.23. The van der Waals surface area contributed by atoms with Gasteiger partial charge < -0.3 is 0 Å². The number of benzene rings is 1. The van der Waals surface area contributed by atoms with Crippen LogP contribution in [0.25, 0.3) is 5.69 Å². The number of hydrogen-bond acceptors (Lipinski definition) is 1. The second-order valence-corrected chi connectivity index (χ2v) is 7.15. The van der Waals surface area contributed by atoms with Crippen LogP contribution in [0.4, 0.5) is 4.39 Å². The summed E-state index contributed by atoms with van der Waals surface area (Å²) in [7, 11) is 0. The number of rotatable bonds is 7. The first-order chi connectivity index (χ1) is 11.2. The second kappa shape index (κ2) is 5.99. The standard InChI is InChI=1S/C19H23FN2O/c20-15-2-1-3-16(12-15)22-19(23)17(10-8-13-4-5-13)18(21-22)11-9-14-6-7-14/h1-3,12-14,21H,4-11H2. The summed E-state index contributed by atoms with van der Waals surface area (Å²) in [6.07, 6.45) is 9.30. The molecule has 0 bridgehead atoms. The minimum Gasteiger partial charge on any atom is -0.295 e. The fourth-order valence-electron chi connectivity index (χ4n) is 3.29. The molecule has 1 aromatic heterocycles. The fourth-order valence-corrected chi connectivity index (χ4v) is 3.29. The molecular weight excluding hydrogens is 291 g/mol. The maximum atomic E-state index is 13.5. The zero-order valence-corrected chi connectivity index (χ0v) is 13.4. The van der Waals surface area contributed by atoms with Crippen molar-refractivity contribution in [2.45, 2.75) is 51.4 Å². The minimum absolute atomic E-state index is 0.00190. The van der Waals surface area contributed by atoms with E-state index in [1.54, 1.807) is 12.1 Å². The van der Waals surface area contributed by atoms with E-state index in [-0.39, 0.29) is 11.4 Å². The third-order valence-corrected chi connectivity index (χ3v) is 5.14. The number of nitrogens with one attached hydrogen (secondary N) is 1. The molecule has 0 aliphatic heterocycles. The molecule has 0 spiro atoms. The summed E-state index contributed by atoms with van der Waals surface area (Å²) >= 11 is 0. The molecule has 3 nitrogen and oxygen atoms in total. The molecule has 2 aromatic rings. The van der Waals surface area contributed by atoms with Gasteiger partial charge in [0.05, 0.1) is 5.69 Å². The monoisotopic (exact) mass is 314 g/mol. The second-order valence-electron chi connectivity index (χ2n) is 7.15. The summed E-state index contributed by atoms with van der Waals surface area (Å²) < 4.78 is 15.0. The Bertz CT molecular complexity index is 753. The predicted molar refractivity (Wildman–Crippen MR) is 88.4 cm³/mol. The lowest BCUT2D eigenvalue weighted by Gasteiger charge is -2.02. The smallest absolute Gasteiger partial charge is 0.274 e. The maximum Gasteiger partial charge on any atom is 0.274 e. The summed E-state index contributed by atoms with van der Waals surface area (Å²) in [5, 5.41) is 3.26. The summed E-state index contributed by atoms with van der Waals surface area (Å²) in [6.45, 7) is 0. The Morgan fingerprint density at radius 2 is 1.78 bits per heavy atom. The molecule has 4 heteroatoms. The molecule has 1 aromatic carbocycles. The average molecular weight is 314 g/mol. The molecule has 2 aliphatic carbocycles. The molecule has 1 N–H and O–H groups in total. The van der Waals surface area contributed by atoms with Gasteiger partial charge in [0.1, 0.15) is 5.82 Å². The normalized spacial score (nSPS) is 17.6. The zero-order chi connectivity index (χ0) is 15.8. The van der Waals surface area contributed by atoms with Crippen molar-refractivity contribution in [2.75, 3.05) is 0 Å². The molecule has 1 heterocycles. The first-order valence-electron chi connectivity index (χ1n) is 8.79. The first kappa shape index (κ1) is 14.7. The van der Waals surface area contributed by atoms with Crippen LogP contribution in [0.3, 0.4) is 0 Å². The van der Waals surface area contributed by atoms with Gasteiger partial charge in [0, 0.05) is 11.3 Å². The van der Waals surface area contributed by atoms with Crippen LogP contribution >= 0.6 is 0 Å². The molecule has 0 unspecified atom stereocenters. The number of nitrogens with zero attached hydrogens (tertiary/aromatic N) is 1. The number of hydrogen-bond donors (Lipinski definition) is 1. The Morgan fingerprint density at radius 1 is 1.09 bits per heavy atom. The molecule has 2 aliphatic rings. The van der Waals surface area contributed by atoms with Gasteiger partial charge in [-0.05, 0) is 55.7 Å². The lowest BCUT2D eigenvalue weighted by molar-refractivity contribution is 0.624. The quantitative estimate of drug-likeness (QED) is 0.824. The van der Waals surface area contributed by atoms with Gasteiger partial charge in [-0.15, -0.1) is 0 Å². The Labute approximate surface area is 135 Å². The highest BCUT2D eigenvalue weighted by Gasteiger charge is 2.25. The Balaban J connectivity index is 1.64. The molecule has 4 rings (SSSR count). The van der Waals surface area contributed by atoms with Gasteiger partial charge in [-0.25, -0.2) is 9.07 Å². The predicted octanol–water partition coefficient (Wildman–Crippen LogP) is 3.99. The highest BCUT2D eigenvalue weighted by molar-refractivity contribution is 5.33. The number of aromatic nitrogens is 2. The molecule has 0 amide bonds. The van der Waals surface area contributed by atoms with Crippen molar-refractivity contribution in [3.8, 4) is 5.69 Å². The first-order valence-corrected chi connectivity index (χ1v) is 8.79. The molecule has 0 atom stereocenters. The van der Waals surface area contributed by atoms with Crippen molar-refractivity contribution < 1.29 is 4.39 Å². The van der Waals surface area contributed by atoms with E-state index in [2.05, 4.69) is 5.10 Å². The van der Waals surface area contributed by atoms with Crippen molar-refractivity contribution in [3.63, 3.8) is 0 Å². The van der Waals surface area contributed by atoms with Crippen molar-refractivity contribution in [1.82, 2.24) is 9.78 Å². The molecule has 2 saturated carbocycles. The van der Waals surface area contributed by atoms with Gasteiger partial charge in [-0.3, -0.25) is 9.89 Å². The van der Waals surface area contributed by atoms with E-state index in [1.807, 2.05) is 0 Å². The third-order valence-electron chi connectivity index (χ3n) is 5.14. The van der Waals surface area contributed by atoms with Crippen molar-refractivity contribution in [1.29, 1.82) is 0 Å². The highest BCUT2D eigenvalue weighted by atomic mass is 19.1. The zero-order valence-electron chi connectivity index (χ0n) is 13.4. The van der Waals surface area contributed by atoms with E-state index in [0.717, 1.165) is 48.8 Å². The van der Waals surface area contributed by atoms with Crippen LogP contribution < -0.4 is 5.56 Å². The summed E-state index contributed by atoms with van der Waals surface area (Å²) in [4.78, 5) is 12.8. The van der Waals surface area contributed by atoms with Gasteiger partial charge >= 0.3 is 0 Å². The Kier molecular flexibility index (Phi) is 3.83. The third kappa shape index (κ3) is 3.41. The van der Waals surface area contributed by atoms with Crippen molar-refractivity contribution >= 4 is 0 Å². The van der Waals surface area contributed by atoms with Crippen LogP contribution in [0.5, 0.6) is 0 Å². The van der Waals surface area contributed by atoms with Gasteiger partial charge in [-0.1, -0.05) is 31.7 Å². The number of H-pyrrole nitrogens is 1. The van der Waals surface area contributed by atoms with E-state index < -0.39 is 0 Å². The molecule has 0 saturated heterocycles. The molecule has 2 fully saturated rings. The van der Waals surface area contributed by atoms with Crippen LogP contribution in [0.1, 0.15) is 49.8 Å². The Hall–Kier alpha value is -1.84. The highest BCUT2D eigenvalue weighted by Crippen LogP contribution is 2.35. The molecular formula is C19H23FN2O. The summed E-state index contributed by atoms with van der Waals surface area (Å²) in [5.41, 5.74) is 2.57. The van der Waals surface area contributed by atoms with Crippen LogP contribution in [-0.2, 0) is 12.8 Å². The number of halogens is 1. The van der Waals surface area contributed by atoms with Gasteiger partial charge in [-0.2, -0.15) is 0 Å². The lowest BCUT2D eigenvalue weighted by Crippen LogP contribution is -2.17. The lowest BCUT2D eigenvalue weighted by atomic mass is 10.0. The van der Waals surface area contributed by atoms with Gasteiger partial charge in [0.2, 0.25) is 0 Å². The Morgan fingerprint density at radius 3 is 2.43 bits per heavy atom. The number of aryl methyl sites for hydroxylation is 1. The number of aromatic amines is 1. The van der Waals surface area contributed by atoms with E-state index in [4.69, 9.17) is 0 Å². The van der Waals surface area contributed by atoms with Crippen molar-refractivity contribution in [2.24, 2.45) is 11.8 Å². The van der Waals surface area contributed by atoms with Crippen LogP contribution in [-0.4, -0.2) is 9.78 Å².